The molecule has 0 bridgehead atoms. The van der Waals surface area contributed by atoms with Gasteiger partial charge in [0.05, 0.1) is 0 Å². The van der Waals surface area contributed by atoms with Crippen LogP contribution >= 0.6 is 0 Å². The van der Waals surface area contributed by atoms with Gasteiger partial charge in [0, 0.05) is 19.3 Å². The Hall–Kier alpha value is -3.93. The summed E-state index contributed by atoms with van der Waals surface area (Å²) in [4.78, 5) is 37.9. The minimum Gasteiger partial charge on any atom is -0.462 e. The third kappa shape index (κ3) is 47.1. The van der Waals surface area contributed by atoms with E-state index in [1.54, 1.807) is 0 Å². The van der Waals surface area contributed by atoms with E-state index in [0.717, 1.165) is 83.5 Å². The van der Waals surface area contributed by atoms with Crippen LogP contribution in [0.15, 0.2) is 109 Å². The lowest BCUT2D eigenvalue weighted by atomic mass is 10.1. The molecule has 0 radical (unpaired) electrons. The van der Waals surface area contributed by atoms with Crippen LogP contribution in [0.1, 0.15) is 207 Å². The van der Waals surface area contributed by atoms with E-state index in [1.807, 2.05) is 54.7 Å². The van der Waals surface area contributed by atoms with Crippen molar-refractivity contribution < 1.29 is 28.6 Å². The molecule has 0 N–H and O–H groups in total. The van der Waals surface area contributed by atoms with Gasteiger partial charge in [0.15, 0.2) is 6.10 Å². The molecule has 1 atom stereocenters. The van der Waals surface area contributed by atoms with Crippen molar-refractivity contribution in [3.63, 3.8) is 0 Å². The molecule has 0 spiro atoms. The predicted molar refractivity (Wildman–Crippen MR) is 265 cm³/mol. The Kier molecular flexibility index (Phi) is 46.6. The topological polar surface area (TPSA) is 78.9 Å². The van der Waals surface area contributed by atoms with Crippen molar-refractivity contribution in [3.05, 3.63) is 109 Å². The molecular weight excluding hydrogens is 769 g/mol. The Morgan fingerprint density at radius 1 is 0.355 bits per heavy atom. The monoisotopic (exact) mass is 859 g/mol. The average Bonchev–Trinajstić information content (AvgIpc) is 3.27. The fourth-order valence-electron chi connectivity index (χ4n) is 6.42. The molecule has 0 amide bonds. The maximum Gasteiger partial charge on any atom is 0.306 e. The highest BCUT2D eigenvalue weighted by Crippen LogP contribution is 2.13. The van der Waals surface area contributed by atoms with E-state index in [0.29, 0.717) is 12.8 Å². The molecule has 0 aliphatic heterocycles. The summed E-state index contributed by atoms with van der Waals surface area (Å²) in [5.41, 5.74) is 0. The molecule has 0 fully saturated rings. The number of carbonyl (C=O) groups is 3. The maximum absolute atomic E-state index is 12.8. The number of allylic oxidation sites excluding steroid dienone is 18. The fourth-order valence-corrected chi connectivity index (χ4v) is 6.42. The average molecular weight is 859 g/mol. The van der Waals surface area contributed by atoms with Crippen molar-refractivity contribution in [2.24, 2.45) is 0 Å². The van der Waals surface area contributed by atoms with Gasteiger partial charge in [0.2, 0.25) is 0 Å². The van der Waals surface area contributed by atoms with Crippen LogP contribution in [-0.4, -0.2) is 37.2 Å². The molecule has 0 aromatic carbocycles. The predicted octanol–water partition coefficient (Wildman–Crippen LogP) is 16.4. The molecule has 0 saturated carbocycles. The van der Waals surface area contributed by atoms with Crippen molar-refractivity contribution in [1.29, 1.82) is 0 Å². The zero-order valence-corrected chi connectivity index (χ0v) is 39.8. The first-order valence-electron chi connectivity index (χ1n) is 25.0. The Labute approximate surface area is 380 Å². The van der Waals surface area contributed by atoms with Crippen LogP contribution in [0.5, 0.6) is 0 Å². The van der Waals surface area contributed by atoms with Crippen molar-refractivity contribution in [3.8, 4) is 0 Å². The number of unbranched alkanes of at least 4 members (excludes halogenated alkanes) is 18. The fraction of sp³-hybridized carbons (Fsp3) is 0.625. The van der Waals surface area contributed by atoms with Crippen LogP contribution in [0.2, 0.25) is 0 Å². The van der Waals surface area contributed by atoms with Gasteiger partial charge in [0.25, 0.3) is 0 Å². The van der Waals surface area contributed by atoms with Crippen molar-refractivity contribution in [2.45, 2.75) is 213 Å². The minimum absolute atomic E-state index is 0.114. The van der Waals surface area contributed by atoms with Gasteiger partial charge in [-0.15, -0.1) is 0 Å². The van der Waals surface area contributed by atoms with E-state index in [9.17, 15) is 14.4 Å². The lowest BCUT2D eigenvalue weighted by molar-refractivity contribution is -0.167. The number of hydrogen-bond donors (Lipinski definition) is 0. The standard InChI is InChI=1S/C56H90O6/c1-4-7-10-13-16-19-22-25-27-28-29-32-34-37-40-43-46-49-55(58)61-52-53(51-60-54(57)48-45-42-39-36-33-30-24-21-18-15-12-9-6-3)62-56(59)50-47-44-41-38-35-31-26-23-20-17-14-11-8-5-2/h8-9,11-12,15,17-18,20-21,24-27,30-31,33,36,39,53H,4-7,10,13-14,16,19,22-23,28-29,32,34-35,37-38,40-52H2,1-3H3/b11-8-,12-9-,18-15-,20-17-,24-21-,27-25-,31-26-,33-30-,39-36-. The lowest BCUT2D eigenvalue weighted by Crippen LogP contribution is -2.30. The van der Waals surface area contributed by atoms with E-state index in [-0.39, 0.29) is 44.0 Å². The molecule has 6 heteroatoms. The quantitative estimate of drug-likeness (QED) is 0.0200. The van der Waals surface area contributed by atoms with E-state index in [2.05, 4.69) is 75.5 Å². The van der Waals surface area contributed by atoms with Crippen molar-refractivity contribution in [1.82, 2.24) is 0 Å². The molecule has 350 valence electrons. The second kappa shape index (κ2) is 49.7. The third-order valence-electron chi connectivity index (χ3n) is 10.1. The summed E-state index contributed by atoms with van der Waals surface area (Å²) in [5.74, 6) is -1.03. The smallest absolute Gasteiger partial charge is 0.306 e. The summed E-state index contributed by atoms with van der Waals surface area (Å²) in [7, 11) is 0. The number of rotatable bonds is 43. The first-order valence-corrected chi connectivity index (χ1v) is 25.0. The molecule has 1 unspecified atom stereocenters. The van der Waals surface area contributed by atoms with Gasteiger partial charge in [0.1, 0.15) is 13.2 Å². The van der Waals surface area contributed by atoms with Gasteiger partial charge in [-0.3, -0.25) is 14.4 Å². The molecule has 0 aromatic heterocycles. The number of esters is 3. The van der Waals surface area contributed by atoms with Crippen LogP contribution in [0, 0.1) is 0 Å². The molecule has 62 heavy (non-hydrogen) atoms. The van der Waals surface area contributed by atoms with Crippen LogP contribution in [0.25, 0.3) is 0 Å². The number of ether oxygens (including phenoxy) is 3. The molecule has 0 aromatic rings. The number of hydrogen-bond acceptors (Lipinski definition) is 6. The largest absolute Gasteiger partial charge is 0.462 e. The Balaban J connectivity index is 4.52. The zero-order chi connectivity index (χ0) is 45.1. The molecular formula is C56H90O6. The van der Waals surface area contributed by atoms with Gasteiger partial charge in [-0.1, -0.05) is 207 Å². The lowest BCUT2D eigenvalue weighted by Gasteiger charge is -2.18. The zero-order valence-electron chi connectivity index (χ0n) is 39.8. The first-order chi connectivity index (χ1) is 30.5. The summed E-state index contributed by atoms with van der Waals surface area (Å²) in [5, 5.41) is 0. The molecule has 0 heterocycles. The van der Waals surface area contributed by atoms with E-state index in [1.165, 1.54) is 77.0 Å². The summed E-state index contributed by atoms with van der Waals surface area (Å²) >= 11 is 0. The first kappa shape index (κ1) is 58.1. The van der Waals surface area contributed by atoms with Crippen molar-refractivity contribution >= 4 is 17.9 Å². The van der Waals surface area contributed by atoms with Crippen LogP contribution in [0.3, 0.4) is 0 Å². The molecule has 6 nitrogen and oxygen atoms in total. The van der Waals surface area contributed by atoms with E-state index < -0.39 is 6.10 Å². The second-order valence-corrected chi connectivity index (χ2v) is 16.1. The summed E-state index contributed by atoms with van der Waals surface area (Å²) in [6.07, 6.45) is 66.5. The van der Waals surface area contributed by atoms with Gasteiger partial charge in [-0.25, -0.2) is 0 Å². The Morgan fingerprint density at radius 2 is 0.726 bits per heavy atom. The number of carbonyl (C=O) groups excluding carboxylic acids is 3. The molecule has 0 aliphatic carbocycles. The SMILES string of the molecule is CC\C=C/C=C\C=C/C=C\C=C/CCCC(=O)OCC(COC(=O)CCCCCCCCC/C=C\CCCCCCCC)OC(=O)CCCCCC/C=C\C/C=C\C/C=C\CC. The highest BCUT2D eigenvalue weighted by Gasteiger charge is 2.19. The minimum atomic E-state index is -0.821. The second-order valence-electron chi connectivity index (χ2n) is 16.1. The van der Waals surface area contributed by atoms with Crippen LogP contribution in [0.4, 0.5) is 0 Å². The summed E-state index contributed by atoms with van der Waals surface area (Å²) in [6.45, 7) is 6.27. The highest BCUT2D eigenvalue weighted by molar-refractivity contribution is 5.71. The van der Waals surface area contributed by atoms with Gasteiger partial charge >= 0.3 is 17.9 Å². The van der Waals surface area contributed by atoms with E-state index >= 15 is 0 Å². The van der Waals surface area contributed by atoms with Crippen LogP contribution in [-0.2, 0) is 28.6 Å². The molecule has 0 saturated heterocycles. The van der Waals surface area contributed by atoms with Gasteiger partial charge < -0.3 is 14.2 Å². The normalized spacial score (nSPS) is 13.0. The van der Waals surface area contributed by atoms with E-state index in [4.69, 9.17) is 14.2 Å². The van der Waals surface area contributed by atoms with Gasteiger partial charge in [-0.05, 0) is 89.9 Å². The molecule has 0 aliphatic rings. The maximum atomic E-state index is 12.8. The van der Waals surface area contributed by atoms with Crippen molar-refractivity contribution in [2.75, 3.05) is 13.2 Å². The molecule has 0 rings (SSSR count). The third-order valence-corrected chi connectivity index (χ3v) is 10.1. The van der Waals surface area contributed by atoms with Gasteiger partial charge in [-0.2, -0.15) is 0 Å². The summed E-state index contributed by atoms with van der Waals surface area (Å²) < 4.78 is 16.7. The Morgan fingerprint density at radius 3 is 1.24 bits per heavy atom. The van der Waals surface area contributed by atoms with Crippen LogP contribution < -0.4 is 0 Å². The highest BCUT2D eigenvalue weighted by atomic mass is 16.6. The Bertz CT molecular complexity index is 1310. The summed E-state index contributed by atoms with van der Waals surface area (Å²) in [6, 6.07) is 0.